The Kier molecular flexibility index (Phi) is 2.67. The smallest absolute Gasteiger partial charge is 0.158 e. The number of carbonyl (C=O) groups is 1. The van der Waals surface area contributed by atoms with Crippen LogP contribution in [-0.4, -0.2) is 10.5 Å². The van der Waals surface area contributed by atoms with Gasteiger partial charge < -0.3 is 0 Å². The van der Waals surface area contributed by atoms with Gasteiger partial charge in [-0.2, -0.15) is 12.6 Å². The molecule has 0 radical (unpaired) electrons. The van der Waals surface area contributed by atoms with E-state index in [2.05, 4.69) is 12.6 Å². The molecule has 12 heavy (non-hydrogen) atoms. The topological polar surface area (TPSA) is 17.1 Å². The number of carbonyl (C=O) groups excluding carboxylic acids is 1. The minimum Gasteiger partial charge on any atom is -0.295 e. The molecule has 1 aliphatic carbocycles. The number of hydrogen-bond donors (Lipinski definition) is 1. The molecule has 0 aromatic rings. The molecule has 0 amide bonds. The van der Waals surface area contributed by atoms with Crippen molar-refractivity contribution in [1.29, 1.82) is 0 Å². The second-order valence-electron chi connectivity index (χ2n) is 3.94. The van der Waals surface area contributed by atoms with Crippen molar-refractivity contribution in [2.45, 2.75) is 44.8 Å². The largest absolute Gasteiger partial charge is 0.295 e. The van der Waals surface area contributed by atoms with E-state index >= 15 is 0 Å². The van der Waals surface area contributed by atoms with Crippen LogP contribution in [0.15, 0.2) is 11.1 Å². The van der Waals surface area contributed by atoms with Gasteiger partial charge in [-0.25, -0.2) is 0 Å². The summed E-state index contributed by atoms with van der Waals surface area (Å²) < 4.78 is -0.125. The highest BCUT2D eigenvalue weighted by atomic mass is 32.1. The third-order valence-corrected chi connectivity index (χ3v) is 2.71. The fourth-order valence-corrected chi connectivity index (χ4v) is 2.01. The van der Waals surface area contributed by atoms with Gasteiger partial charge in [0.15, 0.2) is 5.78 Å². The van der Waals surface area contributed by atoms with E-state index in [1.807, 2.05) is 20.8 Å². The van der Waals surface area contributed by atoms with E-state index in [1.165, 1.54) is 5.57 Å². The Labute approximate surface area is 79.6 Å². The molecule has 0 spiro atoms. The number of ketones is 1. The van der Waals surface area contributed by atoms with Crippen molar-refractivity contribution in [2.75, 3.05) is 0 Å². The van der Waals surface area contributed by atoms with Gasteiger partial charge in [0.25, 0.3) is 0 Å². The molecule has 0 aliphatic heterocycles. The predicted octanol–water partition coefficient (Wildman–Crippen LogP) is 2.76. The average Bonchev–Trinajstić information content (AvgIpc) is 1.92. The van der Waals surface area contributed by atoms with Crippen molar-refractivity contribution < 1.29 is 4.79 Å². The van der Waals surface area contributed by atoms with Crippen LogP contribution in [0.2, 0.25) is 0 Å². The lowest BCUT2D eigenvalue weighted by Gasteiger charge is -2.27. The summed E-state index contributed by atoms with van der Waals surface area (Å²) in [6.07, 6.45) is 2.75. The maximum atomic E-state index is 11.4. The SMILES string of the molecule is CC1=C(C(C)(C)S)CCCC1=O. The third-order valence-electron chi connectivity index (χ3n) is 2.44. The monoisotopic (exact) mass is 184 g/mol. The quantitative estimate of drug-likeness (QED) is 0.620. The number of Topliss-reactive ketones (excluding diaryl/α,β-unsaturated/α-hetero) is 1. The van der Waals surface area contributed by atoms with Crippen LogP contribution in [0.5, 0.6) is 0 Å². The van der Waals surface area contributed by atoms with Gasteiger partial charge in [-0.15, -0.1) is 0 Å². The van der Waals surface area contributed by atoms with Crippen molar-refractivity contribution in [3.8, 4) is 0 Å². The van der Waals surface area contributed by atoms with Crippen LogP contribution in [0.3, 0.4) is 0 Å². The number of hydrogen-bond acceptors (Lipinski definition) is 2. The fourth-order valence-electron chi connectivity index (χ4n) is 1.73. The highest BCUT2D eigenvalue weighted by molar-refractivity contribution is 7.82. The van der Waals surface area contributed by atoms with Crippen LogP contribution in [0.4, 0.5) is 0 Å². The highest BCUT2D eigenvalue weighted by Gasteiger charge is 2.25. The van der Waals surface area contributed by atoms with E-state index in [0.29, 0.717) is 5.78 Å². The molecule has 2 heteroatoms. The molecular formula is C10H16OS. The van der Waals surface area contributed by atoms with E-state index in [9.17, 15) is 4.79 Å². The third kappa shape index (κ3) is 1.92. The zero-order valence-electron chi connectivity index (χ0n) is 7.98. The lowest BCUT2D eigenvalue weighted by atomic mass is 9.85. The van der Waals surface area contributed by atoms with Gasteiger partial charge in [0.05, 0.1) is 0 Å². The van der Waals surface area contributed by atoms with Gasteiger partial charge in [0, 0.05) is 11.2 Å². The van der Waals surface area contributed by atoms with Crippen molar-refractivity contribution in [3.05, 3.63) is 11.1 Å². The van der Waals surface area contributed by atoms with Crippen LogP contribution in [0.25, 0.3) is 0 Å². The summed E-state index contributed by atoms with van der Waals surface area (Å²) in [4.78, 5) is 11.4. The van der Waals surface area contributed by atoms with Crippen LogP contribution in [0, 0.1) is 0 Å². The van der Waals surface area contributed by atoms with Crippen molar-refractivity contribution in [1.82, 2.24) is 0 Å². The summed E-state index contributed by atoms with van der Waals surface area (Å²) in [5, 5.41) is 0. The highest BCUT2D eigenvalue weighted by Crippen LogP contribution is 2.33. The summed E-state index contributed by atoms with van der Waals surface area (Å²) in [7, 11) is 0. The minimum atomic E-state index is -0.125. The maximum Gasteiger partial charge on any atom is 0.158 e. The van der Waals surface area contributed by atoms with Gasteiger partial charge in [-0.1, -0.05) is 0 Å². The Bertz CT molecular complexity index is 233. The second kappa shape index (κ2) is 3.25. The normalized spacial score (nSPS) is 20.2. The van der Waals surface area contributed by atoms with Crippen LogP contribution in [-0.2, 0) is 4.79 Å². The Morgan fingerprint density at radius 1 is 1.33 bits per heavy atom. The number of allylic oxidation sites excluding steroid dienone is 1. The zero-order valence-corrected chi connectivity index (χ0v) is 8.87. The first kappa shape index (κ1) is 9.85. The number of thiol groups is 1. The first-order chi connectivity index (χ1) is 5.43. The van der Waals surface area contributed by atoms with Gasteiger partial charge in [0.2, 0.25) is 0 Å². The molecule has 0 bridgehead atoms. The molecule has 1 nitrogen and oxygen atoms in total. The second-order valence-corrected chi connectivity index (χ2v) is 5.06. The van der Waals surface area contributed by atoms with E-state index in [1.54, 1.807) is 0 Å². The van der Waals surface area contributed by atoms with E-state index in [-0.39, 0.29) is 4.75 Å². The van der Waals surface area contributed by atoms with Gasteiger partial charge in [-0.05, 0) is 44.8 Å². The molecule has 0 saturated carbocycles. The average molecular weight is 184 g/mol. The molecule has 0 heterocycles. The Balaban J connectivity index is 3.01. The van der Waals surface area contributed by atoms with Gasteiger partial charge >= 0.3 is 0 Å². The van der Waals surface area contributed by atoms with Crippen LogP contribution < -0.4 is 0 Å². The first-order valence-corrected chi connectivity index (χ1v) is 4.83. The minimum absolute atomic E-state index is 0.125. The first-order valence-electron chi connectivity index (χ1n) is 4.38. The lowest BCUT2D eigenvalue weighted by Crippen LogP contribution is -2.22. The lowest BCUT2D eigenvalue weighted by molar-refractivity contribution is -0.116. The Morgan fingerprint density at radius 2 is 1.92 bits per heavy atom. The Hall–Kier alpha value is -0.240. The fraction of sp³-hybridized carbons (Fsp3) is 0.700. The standard InChI is InChI=1S/C10H16OS/c1-7-8(10(2,3)12)5-4-6-9(7)11/h12H,4-6H2,1-3H3. The summed E-state index contributed by atoms with van der Waals surface area (Å²) in [6.45, 7) is 6.02. The van der Waals surface area contributed by atoms with Crippen molar-refractivity contribution in [2.24, 2.45) is 0 Å². The van der Waals surface area contributed by atoms with Crippen molar-refractivity contribution in [3.63, 3.8) is 0 Å². The molecule has 1 aliphatic rings. The summed E-state index contributed by atoms with van der Waals surface area (Å²) in [5.74, 6) is 0.304. The molecule has 0 atom stereocenters. The molecular weight excluding hydrogens is 168 g/mol. The summed E-state index contributed by atoms with van der Waals surface area (Å²) >= 11 is 4.49. The number of rotatable bonds is 1. The van der Waals surface area contributed by atoms with Gasteiger partial charge in [-0.3, -0.25) is 4.79 Å². The van der Waals surface area contributed by atoms with E-state index < -0.39 is 0 Å². The van der Waals surface area contributed by atoms with Gasteiger partial charge in [0.1, 0.15) is 0 Å². The molecule has 0 fully saturated rings. The van der Waals surface area contributed by atoms with Crippen molar-refractivity contribution >= 4 is 18.4 Å². The summed E-state index contributed by atoms with van der Waals surface area (Å²) in [6, 6.07) is 0. The molecule has 0 aromatic carbocycles. The Morgan fingerprint density at radius 3 is 2.33 bits per heavy atom. The van der Waals surface area contributed by atoms with E-state index in [4.69, 9.17) is 0 Å². The molecule has 0 aromatic heterocycles. The van der Waals surface area contributed by atoms with Crippen LogP contribution >= 0.6 is 12.6 Å². The summed E-state index contributed by atoms with van der Waals surface area (Å²) in [5.41, 5.74) is 2.17. The zero-order chi connectivity index (χ0) is 9.35. The van der Waals surface area contributed by atoms with Crippen LogP contribution in [0.1, 0.15) is 40.0 Å². The molecule has 1 rings (SSSR count). The molecule has 0 unspecified atom stereocenters. The maximum absolute atomic E-state index is 11.4. The molecule has 0 saturated heterocycles. The predicted molar refractivity (Wildman–Crippen MR) is 54.6 cm³/mol. The molecule has 0 N–H and O–H groups in total. The van der Waals surface area contributed by atoms with E-state index in [0.717, 1.165) is 24.8 Å². The molecule has 68 valence electrons.